The van der Waals surface area contributed by atoms with Crippen molar-refractivity contribution in [1.29, 1.82) is 5.26 Å². The van der Waals surface area contributed by atoms with Crippen molar-refractivity contribution in [1.82, 2.24) is 9.47 Å². The maximum absolute atomic E-state index is 13.4. The largest absolute Gasteiger partial charge is 0.497 e. The molecule has 2 fully saturated rings. The molecule has 0 saturated carbocycles. The number of pyridine rings is 1. The van der Waals surface area contributed by atoms with Crippen LogP contribution in [0.2, 0.25) is 0 Å². The minimum absolute atomic E-state index is 0.0321. The lowest BCUT2D eigenvalue weighted by Gasteiger charge is -2.38. The molecule has 0 N–H and O–H groups in total. The molecular formula is C26H28N4O4S2. The van der Waals surface area contributed by atoms with E-state index in [4.69, 9.17) is 21.7 Å². The predicted octanol–water partition coefficient (Wildman–Crippen LogP) is 3.59. The molecule has 1 aromatic carbocycles. The quantitative estimate of drug-likeness (QED) is 0.433. The van der Waals surface area contributed by atoms with E-state index < -0.39 is 0 Å². The van der Waals surface area contributed by atoms with Gasteiger partial charge in [-0.1, -0.05) is 36.1 Å². The summed E-state index contributed by atoms with van der Waals surface area (Å²) in [5, 5.41) is 9.70. The maximum Gasteiger partial charge on any atom is 0.270 e. The molecule has 1 amide bonds. The summed E-state index contributed by atoms with van der Waals surface area (Å²) in [5.74, 6) is 1.20. The summed E-state index contributed by atoms with van der Waals surface area (Å²) in [7, 11) is 3.27. The van der Waals surface area contributed by atoms with Crippen molar-refractivity contribution in [3.8, 4) is 11.8 Å². The van der Waals surface area contributed by atoms with Crippen LogP contribution in [0.15, 0.2) is 34.0 Å². The lowest BCUT2D eigenvalue weighted by molar-refractivity contribution is -0.122. The van der Waals surface area contributed by atoms with E-state index in [9.17, 15) is 14.9 Å². The highest BCUT2D eigenvalue weighted by Crippen LogP contribution is 2.37. The standard InChI is InChI=1S/C26H28N4O4S2/c1-15-12-29(13-16(2)34-15)23-20(17(3)21(11-27)24(31)28(23)4)10-22-25(32)30(26(35)36-22)14-18-6-8-19(33-5)9-7-18/h6-10,15-16H,12-14H2,1-5H3/b22-10+. The minimum Gasteiger partial charge on any atom is -0.497 e. The number of thiocarbonyl (C=S) groups is 1. The van der Waals surface area contributed by atoms with Crippen LogP contribution in [0, 0.1) is 18.3 Å². The fourth-order valence-electron chi connectivity index (χ4n) is 4.63. The van der Waals surface area contributed by atoms with E-state index >= 15 is 0 Å². The molecule has 188 valence electrons. The Morgan fingerprint density at radius 3 is 2.44 bits per heavy atom. The van der Waals surface area contributed by atoms with Gasteiger partial charge in [0.05, 0.1) is 30.8 Å². The summed E-state index contributed by atoms with van der Waals surface area (Å²) < 4.78 is 13.1. The van der Waals surface area contributed by atoms with Gasteiger partial charge in [-0.3, -0.25) is 19.1 Å². The third kappa shape index (κ3) is 4.91. The molecule has 10 heteroatoms. The van der Waals surface area contributed by atoms with E-state index in [0.29, 0.717) is 45.8 Å². The van der Waals surface area contributed by atoms with Crippen LogP contribution in [-0.2, 0) is 23.1 Å². The number of rotatable bonds is 5. The fraction of sp³-hybridized carbons (Fsp3) is 0.385. The smallest absolute Gasteiger partial charge is 0.270 e. The molecular weight excluding hydrogens is 496 g/mol. The van der Waals surface area contributed by atoms with Crippen LogP contribution in [0.5, 0.6) is 5.75 Å². The number of thioether (sulfide) groups is 1. The second-order valence-corrected chi connectivity index (χ2v) is 10.7. The average Bonchev–Trinajstić information content (AvgIpc) is 3.10. The molecule has 2 aliphatic heterocycles. The highest BCUT2D eigenvalue weighted by atomic mass is 32.2. The number of amides is 1. The van der Waals surface area contributed by atoms with Crippen LogP contribution in [0.3, 0.4) is 0 Å². The van der Waals surface area contributed by atoms with E-state index in [1.54, 1.807) is 32.1 Å². The van der Waals surface area contributed by atoms with Gasteiger partial charge >= 0.3 is 0 Å². The summed E-state index contributed by atoms with van der Waals surface area (Å²) >= 11 is 6.77. The summed E-state index contributed by atoms with van der Waals surface area (Å²) in [5.41, 5.74) is 1.84. The zero-order chi connectivity index (χ0) is 26.1. The third-order valence-electron chi connectivity index (χ3n) is 6.34. The van der Waals surface area contributed by atoms with E-state index in [-0.39, 0.29) is 29.2 Å². The molecule has 2 atom stereocenters. The molecule has 2 unspecified atom stereocenters. The molecule has 4 rings (SSSR count). The van der Waals surface area contributed by atoms with E-state index in [0.717, 1.165) is 11.3 Å². The number of carbonyl (C=O) groups is 1. The number of anilines is 1. The number of hydrogen-bond acceptors (Lipinski definition) is 8. The number of nitrogens with zero attached hydrogens (tertiary/aromatic N) is 4. The topological polar surface area (TPSA) is 87.8 Å². The fourth-order valence-corrected chi connectivity index (χ4v) is 5.86. The van der Waals surface area contributed by atoms with Gasteiger partial charge in [0.25, 0.3) is 11.5 Å². The first-order valence-corrected chi connectivity index (χ1v) is 12.8. The van der Waals surface area contributed by atoms with Crippen LogP contribution in [0.1, 0.15) is 36.1 Å². The van der Waals surface area contributed by atoms with Crippen molar-refractivity contribution in [2.24, 2.45) is 7.05 Å². The van der Waals surface area contributed by atoms with Gasteiger partial charge in [-0.15, -0.1) is 0 Å². The minimum atomic E-state index is -0.360. The van der Waals surface area contributed by atoms with E-state index in [2.05, 4.69) is 4.90 Å². The Morgan fingerprint density at radius 1 is 1.22 bits per heavy atom. The molecule has 2 aromatic rings. The Kier molecular flexibility index (Phi) is 7.54. The van der Waals surface area contributed by atoms with Crippen molar-refractivity contribution in [3.05, 3.63) is 61.8 Å². The number of nitriles is 1. The first kappa shape index (κ1) is 25.9. The zero-order valence-electron chi connectivity index (χ0n) is 20.9. The highest BCUT2D eigenvalue weighted by molar-refractivity contribution is 8.26. The number of carbonyl (C=O) groups excluding carboxylic acids is 1. The Labute approximate surface area is 220 Å². The number of methoxy groups -OCH3 is 1. The van der Waals surface area contributed by atoms with Gasteiger partial charge in [0, 0.05) is 25.7 Å². The van der Waals surface area contributed by atoms with Gasteiger partial charge in [0.2, 0.25) is 0 Å². The maximum atomic E-state index is 13.4. The number of morpholine rings is 1. The molecule has 0 spiro atoms. The van der Waals surface area contributed by atoms with Crippen LogP contribution < -0.4 is 15.2 Å². The van der Waals surface area contributed by atoms with Crippen molar-refractivity contribution < 1.29 is 14.3 Å². The van der Waals surface area contributed by atoms with Crippen LogP contribution in [-0.4, -0.2) is 52.1 Å². The van der Waals surface area contributed by atoms with Gasteiger partial charge in [0.1, 0.15) is 27.5 Å². The molecule has 3 heterocycles. The molecule has 8 nitrogen and oxygen atoms in total. The number of benzene rings is 1. The predicted molar refractivity (Wildman–Crippen MR) is 145 cm³/mol. The molecule has 2 aliphatic rings. The third-order valence-corrected chi connectivity index (χ3v) is 7.71. The second-order valence-electron chi connectivity index (χ2n) is 8.99. The first-order chi connectivity index (χ1) is 17.1. The highest BCUT2D eigenvalue weighted by Gasteiger charge is 2.34. The molecule has 2 saturated heterocycles. The van der Waals surface area contributed by atoms with Crippen LogP contribution >= 0.6 is 24.0 Å². The molecule has 0 radical (unpaired) electrons. The number of ether oxygens (including phenoxy) is 2. The van der Waals surface area contributed by atoms with Crippen molar-refractivity contribution in [3.63, 3.8) is 0 Å². The van der Waals surface area contributed by atoms with Crippen LogP contribution in [0.25, 0.3) is 6.08 Å². The monoisotopic (exact) mass is 524 g/mol. The number of aromatic nitrogens is 1. The number of hydrogen-bond donors (Lipinski definition) is 0. The molecule has 36 heavy (non-hydrogen) atoms. The molecule has 0 bridgehead atoms. The van der Waals surface area contributed by atoms with Gasteiger partial charge in [-0.25, -0.2) is 0 Å². The van der Waals surface area contributed by atoms with Gasteiger partial charge in [0.15, 0.2) is 0 Å². The average molecular weight is 525 g/mol. The van der Waals surface area contributed by atoms with Gasteiger partial charge in [-0.05, 0) is 50.1 Å². The summed E-state index contributed by atoms with van der Waals surface area (Å²) in [6, 6.07) is 9.53. The summed E-state index contributed by atoms with van der Waals surface area (Å²) in [6.45, 7) is 7.24. The van der Waals surface area contributed by atoms with E-state index in [1.165, 1.54) is 16.3 Å². The zero-order valence-corrected chi connectivity index (χ0v) is 22.5. The Hall–Kier alpha value is -3.13. The van der Waals surface area contributed by atoms with Crippen molar-refractivity contribution in [2.75, 3.05) is 25.1 Å². The lowest BCUT2D eigenvalue weighted by Crippen LogP contribution is -2.47. The summed E-state index contributed by atoms with van der Waals surface area (Å²) in [4.78, 5) is 30.5. The lowest BCUT2D eigenvalue weighted by atomic mass is 10.0. The summed E-state index contributed by atoms with van der Waals surface area (Å²) in [6.07, 6.45) is 1.70. The second kappa shape index (κ2) is 10.5. The first-order valence-electron chi connectivity index (χ1n) is 11.6. The molecule has 1 aromatic heterocycles. The van der Waals surface area contributed by atoms with Gasteiger partial charge in [-0.2, -0.15) is 5.26 Å². The SMILES string of the molecule is COc1ccc(CN2C(=O)/C(=C\c3c(C)c(C#N)c(=O)n(C)c3N3CC(C)OC(C)C3)SC2=S)cc1. The van der Waals surface area contributed by atoms with Crippen LogP contribution in [0.4, 0.5) is 5.82 Å². The van der Waals surface area contributed by atoms with Gasteiger partial charge < -0.3 is 14.4 Å². The Morgan fingerprint density at radius 2 is 1.86 bits per heavy atom. The molecule has 0 aliphatic carbocycles. The van der Waals surface area contributed by atoms with Crippen molar-refractivity contribution in [2.45, 2.75) is 39.5 Å². The van der Waals surface area contributed by atoms with E-state index in [1.807, 2.05) is 44.2 Å². The normalized spacial score (nSPS) is 21.3. The van der Waals surface area contributed by atoms with Crippen molar-refractivity contribution >= 4 is 46.1 Å². The Balaban J connectivity index is 1.75. The Bertz CT molecular complexity index is 1330.